The Labute approximate surface area is 147 Å². The average Bonchev–Trinajstić information content (AvgIpc) is 3.18. The fourth-order valence-corrected chi connectivity index (χ4v) is 3.45. The first-order valence-electron chi connectivity index (χ1n) is 7.15. The molecule has 120 valence electrons. The molecular formula is C17H17BrN2O2S. The Hall–Kier alpha value is -1.63. The Morgan fingerprint density at radius 3 is 2.91 bits per heavy atom. The van der Waals surface area contributed by atoms with Gasteiger partial charge in [0.25, 0.3) is 0 Å². The summed E-state index contributed by atoms with van der Waals surface area (Å²) in [5.74, 6) is 1.57. The van der Waals surface area contributed by atoms with Gasteiger partial charge in [0.2, 0.25) is 5.89 Å². The van der Waals surface area contributed by atoms with E-state index >= 15 is 0 Å². The minimum absolute atomic E-state index is 0.684. The number of benzene rings is 1. The van der Waals surface area contributed by atoms with Crippen LogP contribution in [0, 0.1) is 0 Å². The largest absolute Gasteiger partial charge is 0.496 e. The van der Waals surface area contributed by atoms with Crippen LogP contribution in [0.1, 0.15) is 11.3 Å². The highest BCUT2D eigenvalue weighted by Crippen LogP contribution is 2.26. The van der Waals surface area contributed by atoms with Crippen molar-refractivity contribution in [2.24, 2.45) is 0 Å². The highest BCUT2D eigenvalue weighted by molar-refractivity contribution is 9.10. The molecule has 3 aromatic rings. The molecule has 0 aliphatic rings. The van der Waals surface area contributed by atoms with Crippen LogP contribution in [0.15, 0.2) is 50.9 Å². The Bertz CT molecular complexity index is 771. The zero-order chi connectivity index (χ0) is 16.2. The molecule has 0 aliphatic heterocycles. The highest BCUT2D eigenvalue weighted by Gasteiger charge is 2.11. The lowest BCUT2D eigenvalue weighted by atomic mass is 10.2. The standard InChI is InChI=1S/C17H17BrN2O2S/c1-20(9-12-8-13(18)5-6-15(12)21-2)10-14-11-22-17(19-14)16-4-3-7-23-16/h3-8,11H,9-10H2,1-2H3. The summed E-state index contributed by atoms with van der Waals surface area (Å²) >= 11 is 5.13. The molecule has 1 aromatic carbocycles. The van der Waals surface area contributed by atoms with Crippen LogP contribution >= 0.6 is 27.3 Å². The number of methoxy groups -OCH3 is 1. The fourth-order valence-electron chi connectivity index (χ4n) is 2.39. The molecule has 0 atom stereocenters. The zero-order valence-electron chi connectivity index (χ0n) is 13.0. The Morgan fingerprint density at radius 1 is 1.30 bits per heavy atom. The summed E-state index contributed by atoms with van der Waals surface area (Å²) in [5.41, 5.74) is 2.05. The lowest BCUT2D eigenvalue weighted by Gasteiger charge is -2.17. The third-order valence-electron chi connectivity index (χ3n) is 3.40. The van der Waals surface area contributed by atoms with Crippen LogP contribution in [0.4, 0.5) is 0 Å². The third kappa shape index (κ3) is 4.02. The third-order valence-corrected chi connectivity index (χ3v) is 4.75. The van der Waals surface area contributed by atoms with Gasteiger partial charge in [-0.2, -0.15) is 0 Å². The molecule has 0 bridgehead atoms. The minimum Gasteiger partial charge on any atom is -0.496 e. The van der Waals surface area contributed by atoms with Crippen LogP contribution < -0.4 is 4.74 Å². The van der Waals surface area contributed by atoms with Crippen molar-refractivity contribution in [1.82, 2.24) is 9.88 Å². The normalized spacial score (nSPS) is 11.1. The summed E-state index contributed by atoms with van der Waals surface area (Å²) < 4.78 is 12.0. The van der Waals surface area contributed by atoms with E-state index in [1.54, 1.807) is 24.7 Å². The summed E-state index contributed by atoms with van der Waals surface area (Å²) in [6.45, 7) is 1.48. The molecule has 0 radical (unpaired) electrons. The van der Waals surface area contributed by atoms with E-state index in [0.717, 1.165) is 32.9 Å². The van der Waals surface area contributed by atoms with Crippen molar-refractivity contribution in [3.8, 4) is 16.5 Å². The van der Waals surface area contributed by atoms with Gasteiger partial charge in [0.15, 0.2) is 0 Å². The second-order valence-corrected chi connectivity index (χ2v) is 7.11. The molecule has 4 nitrogen and oxygen atoms in total. The topological polar surface area (TPSA) is 38.5 Å². The lowest BCUT2D eigenvalue weighted by molar-refractivity contribution is 0.306. The molecule has 0 saturated carbocycles. The summed E-state index contributed by atoms with van der Waals surface area (Å²) in [5, 5.41) is 2.02. The van der Waals surface area contributed by atoms with Gasteiger partial charge in [-0.1, -0.05) is 22.0 Å². The molecule has 2 heterocycles. The number of oxazole rings is 1. The van der Waals surface area contributed by atoms with E-state index in [-0.39, 0.29) is 0 Å². The summed E-state index contributed by atoms with van der Waals surface area (Å²) in [6.07, 6.45) is 1.73. The maximum atomic E-state index is 5.56. The first-order valence-corrected chi connectivity index (χ1v) is 8.82. The SMILES string of the molecule is COc1ccc(Br)cc1CN(C)Cc1coc(-c2cccs2)n1. The molecule has 0 aliphatic carbocycles. The predicted octanol–water partition coefficient (Wildman–Crippen LogP) is 4.81. The smallest absolute Gasteiger partial charge is 0.236 e. The number of nitrogens with zero attached hydrogens (tertiary/aromatic N) is 2. The molecule has 0 spiro atoms. The van der Waals surface area contributed by atoms with Gasteiger partial charge in [-0.15, -0.1) is 11.3 Å². The second kappa shape index (κ2) is 7.29. The fraction of sp³-hybridized carbons (Fsp3) is 0.235. The van der Waals surface area contributed by atoms with E-state index < -0.39 is 0 Å². The van der Waals surface area contributed by atoms with E-state index in [2.05, 4.69) is 38.9 Å². The van der Waals surface area contributed by atoms with Gasteiger partial charge in [0, 0.05) is 23.1 Å². The zero-order valence-corrected chi connectivity index (χ0v) is 15.4. The number of rotatable bonds is 6. The number of ether oxygens (including phenoxy) is 1. The molecule has 0 unspecified atom stereocenters. The number of aromatic nitrogens is 1. The van der Waals surface area contributed by atoms with Crippen molar-refractivity contribution in [3.05, 3.63) is 57.7 Å². The van der Waals surface area contributed by atoms with E-state index in [1.807, 2.05) is 29.6 Å². The number of halogens is 1. The second-order valence-electron chi connectivity index (χ2n) is 5.25. The first kappa shape index (κ1) is 16.2. The minimum atomic E-state index is 0.684. The average molecular weight is 393 g/mol. The van der Waals surface area contributed by atoms with Crippen molar-refractivity contribution in [2.45, 2.75) is 13.1 Å². The molecule has 23 heavy (non-hydrogen) atoms. The van der Waals surface area contributed by atoms with Gasteiger partial charge in [0.05, 0.1) is 17.7 Å². The summed E-state index contributed by atoms with van der Waals surface area (Å²) in [4.78, 5) is 7.79. The van der Waals surface area contributed by atoms with Crippen molar-refractivity contribution in [1.29, 1.82) is 0 Å². The molecule has 0 fully saturated rings. The van der Waals surface area contributed by atoms with Gasteiger partial charge >= 0.3 is 0 Å². The van der Waals surface area contributed by atoms with Crippen molar-refractivity contribution >= 4 is 27.3 Å². The molecule has 6 heteroatoms. The highest BCUT2D eigenvalue weighted by atomic mass is 79.9. The van der Waals surface area contributed by atoms with Crippen LogP contribution in [0.25, 0.3) is 10.8 Å². The Morgan fingerprint density at radius 2 is 2.17 bits per heavy atom. The molecule has 3 rings (SSSR count). The lowest BCUT2D eigenvalue weighted by Crippen LogP contribution is -2.18. The van der Waals surface area contributed by atoms with Crippen LogP contribution in [-0.4, -0.2) is 24.0 Å². The van der Waals surface area contributed by atoms with E-state index in [1.165, 1.54) is 0 Å². The quantitative estimate of drug-likeness (QED) is 0.603. The van der Waals surface area contributed by atoms with Crippen LogP contribution in [-0.2, 0) is 13.1 Å². The van der Waals surface area contributed by atoms with Crippen molar-refractivity contribution in [2.75, 3.05) is 14.2 Å². The maximum absolute atomic E-state index is 5.56. The number of hydrogen-bond acceptors (Lipinski definition) is 5. The summed E-state index contributed by atoms with van der Waals surface area (Å²) in [6, 6.07) is 10.0. The Balaban J connectivity index is 1.68. The first-order chi connectivity index (χ1) is 11.2. The molecule has 0 N–H and O–H groups in total. The molecule has 0 saturated heterocycles. The predicted molar refractivity (Wildman–Crippen MR) is 95.7 cm³/mol. The summed E-state index contributed by atoms with van der Waals surface area (Å²) in [7, 11) is 3.75. The van der Waals surface area contributed by atoms with E-state index in [0.29, 0.717) is 12.4 Å². The number of hydrogen-bond donors (Lipinski definition) is 0. The van der Waals surface area contributed by atoms with Gasteiger partial charge in [-0.05, 0) is 36.7 Å². The number of thiophene rings is 1. The van der Waals surface area contributed by atoms with E-state index in [4.69, 9.17) is 9.15 Å². The molecule has 0 amide bonds. The van der Waals surface area contributed by atoms with Crippen LogP contribution in [0.5, 0.6) is 5.75 Å². The van der Waals surface area contributed by atoms with Crippen molar-refractivity contribution < 1.29 is 9.15 Å². The van der Waals surface area contributed by atoms with E-state index in [9.17, 15) is 0 Å². The molecular weight excluding hydrogens is 376 g/mol. The van der Waals surface area contributed by atoms with Gasteiger partial charge in [-0.25, -0.2) is 4.98 Å². The van der Waals surface area contributed by atoms with Gasteiger partial charge < -0.3 is 9.15 Å². The van der Waals surface area contributed by atoms with Crippen molar-refractivity contribution in [3.63, 3.8) is 0 Å². The van der Waals surface area contributed by atoms with Crippen LogP contribution in [0.2, 0.25) is 0 Å². The maximum Gasteiger partial charge on any atom is 0.236 e. The van der Waals surface area contributed by atoms with Gasteiger partial charge in [0.1, 0.15) is 12.0 Å². The Kier molecular flexibility index (Phi) is 5.15. The van der Waals surface area contributed by atoms with Gasteiger partial charge in [-0.3, -0.25) is 4.90 Å². The van der Waals surface area contributed by atoms with Crippen LogP contribution in [0.3, 0.4) is 0 Å². The molecule has 2 aromatic heterocycles. The monoisotopic (exact) mass is 392 g/mol.